The Balaban J connectivity index is 0.00000480. The van der Waals surface area contributed by atoms with Crippen molar-refractivity contribution in [3.8, 4) is 0 Å². The van der Waals surface area contributed by atoms with Crippen molar-refractivity contribution >= 4 is 41.8 Å². The minimum absolute atomic E-state index is 0. The smallest absolute Gasteiger partial charge is 0.251 e. The number of benzene rings is 2. The van der Waals surface area contributed by atoms with Crippen LogP contribution in [0.5, 0.6) is 0 Å². The maximum absolute atomic E-state index is 12.0. The summed E-state index contributed by atoms with van der Waals surface area (Å²) < 4.78 is 0. The number of halogens is 1. The Morgan fingerprint density at radius 2 is 1.77 bits per heavy atom. The Bertz CT molecular complexity index is 871. The van der Waals surface area contributed by atoms with Crippen molar-refractivity contribution in [2.24, 2.45) is 4.99 Å². The van der Waals surface area contributed by atoms with Crippen molar-refractivity contribution in [1.29, 1.82) is 0 Å². The number of hydrogen-bond donors (Lipinski definition) is 3. The second kappa shape index (κ2) is 13.6. The van der Waals surface area contributed by atoms with Crippen LogP contribution in [0.2, 0.25) is 0 Å². The van der Waals surface area contributed by atoms with E-state index >= 15 is 0 Å². The standard InChI is InChI=1S/C23H31N5O2.HI/c1-17(19-10-6-5-7-11-19)27-23(26-16-21(29)28(3)4)25-14-13-18-9-8-12-20(15-18)22(30)24-2;/h5-12,15,17H,13-14,16H2,1-4H3,(H,24,30)(H2,25,26,27);1H. The Morgan fingerprint density at radius 3 is 2.42 bits per heavy atom. The second-order valence-corrected chi connectivity index (χ2v) is 7.19. The van der Waals surface area contributed by atoms with Crippen LogP contribution in [0.25, 0.3) is 0 Å². The fraction of sp³-hybridized carbons (Fsp3) is 0.348. The lowest BCUT2D eigenvalue weighted by atomic mass is 10.1. The minimum Gasteiger partial charge on any atom is -0.356 e. The number of carbonyl (C=O) groups excluding carboxylic acids is 2. The highest BCUT2D eigenvalue weighted by molar-refractivity contribution is 14.0. The molecule has 168 valence electrons. The summed E-state index contributed by atoms with van der Waals surface area (Å²) in [5.41, 5.74) is 2.81. The monoisotopic (exact) mass is 537 g/mol. The molecule has 7 nitrogen and oxygen atoms in total. The molecular weight excluding hydrogens is 505 g/mol. The molecule has 31 heavy (non-hydrogen) atoms. The molecule has 2 aromatic rings. The predicted molar refractivity (Wildman–Crippen MR) is 136 cm³/mol. The number of likely N-dealkylation sites (N-methyl/N-ethyl adjacent to an activating group) is 1. The average molecular weight is 537 g/mol. The van der Waals surface area contributed by atoms with Crippen LogP contribution in [-0.4, -0.2) is 56.9 Å². The lowest BCUT2D eigenvalue weighted by Gasteiger charge is -2.19. The summed E-state index contributed by atoms with van der Waals surface area (Å²) in [5, 5.41) is 9.29. The average Bonchev–Trinajstić information content (AvgIpc) is 2.77. The SMILES string of the molecule is CNC(=O)c1cccc(CCNC(=NCC(=O)N(C)C)NC(C)c2ccccc2)c1.I. The molecule has 2 rings (SSSR count). The first-order chi connectivity index (χ1) is 14.4. The van der Waals surface area contributed by atoms with Crippen molar-refractivity contribution in [3.05, 3.63) is 71.3 Å². The van der Waals surface area contributed by atoms with Gasteiger partial charge in [0.2, 0.25) is 5.91 Å². The van der Waals surface area contributed by atoms with Crippen molar-refractivity contribution in [2.45, 2.75) is 19.4 Å². The molecule has 1 unspecified atom stereocenters. The number of hydrogen-bond acceptors (Lipinski definition) is 3. The van der Waals surface area contributed by atoms with Crippen molar-refractivity contribution < 1.29 is 9.59 Å². The molecule has 2 amide bonds. The minimum atomic E-state index is -0.104. The fourth-order valence-corrected chi connectivity index (χ4v) is 2.81. The lowest BCUT2D eigenvalue weighted by molar-refractivity contribution is -0.127. The van der Waals surface area contributed by atoms with E-state index in [0.29, 0.717) is 24.5 Å². The maximum Gasteiger partial charge on any atom is 0.251 e. The van der Waals surface area contributed by atoms with Crippen LogP contribution >= 0.6 is 24.0 Å². The number of guanidine groups is 1. The lowest BCUT2D eigenvalue weighted by Crippen LogP contribution is -2.40. The molecule has 3 N–H and O–H groups in total. The van der Waals surface area contributed by atoms with E-state index in [2.05, 4.69) is 20.9 Å². The molecule has 8 heteroatoms. The first-order valence-corrected chi connectivity index (χ1v) is 10.0. The van der Waals surface area contributed by atoms with Gasteiger partial charge in [0, 0.05) is 33.3 Å². The van der Waals surface area contributed by atoms with E-state index in [0.717, 1.165) is 11.1 Å². The molecule has 0 saturated heterocycles. The van der Waals surface area contributed by atoms with E-state index < -0.39 is 0 Å². The van der Waals surface area contributed by atoms with Gasteiger partial charge in [0.25, 0.3) is 5.91 Å². The largest absolute Gasteiger partial charge is 0.356 e. The van der Waals surface area contributed by atoms with Gasteiger partial charge >= 0.3 is 0 Å². The molecule has 0 fully saturated rings. The zero-order valence-electron chi connectivity index (χ0n) is 18.5. The predicted octanol–water partition coefficient (Wildman–Crippen LogP) is 2.59. The summed E-state index contributed by atoms with van der Waals surface area (Å²) >= 11 is 0. The van der Waals surface area contributed by atoms with Crippen LogP contribution in [0.15, 0.2) is 59.6 Å². The Hall–Kier alpha value is -2.62. The summed E-state index contributed by atoms with van der Waals surface area (Å²) in [4.78, 5) is 29.7. The number of carbonyl (C=O) groups is 2. The number of nitrogens with zero attached hydrogens (tertiary/aromatic N) is 2. The quantitative estimate of drug-likeness (QED) is 0.275. The number of rotatable bonds is 8. The summed E-state index contributed by atoms with van der Waals surface area (Å²) in [6.45, 7) is 2.73. The van der Waals surface area contributed by atoms with Gasteiger partial charge in [-0.2, -0.15) is 0 Å². The van der Waals surface area contributed by atoms with Gasteiger partial charge in [-0.05, 0) is 36.6 Å². The summed E-state index contributed by atoms with van der Waals surface area (Å²) in [5.74, 6) is 0.401. The molecule has 0 aliphatic heterocycles. The van der Waals surface area contributed by atoms with Crippen LogP contribution in [0, 0.1) is 0 Å². The van der Waals surface area contributed by atoms with Crippen molar-refractivity contribution in [3.63, 3.8) is 0 Å². The number of nitrogens with one attached hydrogen (secondary N) is 3. The summed E-state index contributed by atoms with van der Waals surface area (Å²) in [6, 6.07) is 17.6. The molecule has 0 spiro atoms. The van der Waals surface area contributed by atoms with Crippen molar-refractivity contribution in [2.75, 3.05) is 34.2 Å². The molecule has 0 heterocycles. The molecule has 0 radical (unpaired) electrons. The Morgan fingerprint density at radius 1 is 1.06 bits per heavy atom. The van der Waals surface area contributed by atoms with Gasteiger partial charge in [0.05, 0.1) is 6.04 Å². The number of aliphatic imine (C=N–C) groups is 1. The first-order valence-electron chi connectivity index (χ1n) is 10.0. The van der Waals surface area contributed by atoms with Gasteiger partial charge in [-0.3, -0.25) is 9.59 Å². The zero-order valence-corrected chi connectivity index (χ0v) is 20.8. The van der Waals surface area contributed by atoms with E-state index in [1.165, 1.54) is 4.90 Å². The van der Waals surface area contributed by atoms with Crippen LogP contribution in [-0.2, 0) is 11.2 Å². The van der Waals surface area contributed by atoms with Gasteiger partial charge in [0.15, 0.2) is 5.96 Å². The molecule has 0 bridgehead atoms. The van der Waals surface area contributed by atoms with E-state index in [1.807, 2.05) is 55.5 Å². The molecule has 0 aromatic heterocycles. The third-order valence-electron chi connectivity index (χ3n) is 4.65. The maximum atomic E-state index is 12.0. The number of amides is 2. The van der Waals surface area contributed by atoms with Crippen LogP contribution in [0.3, 0.4) is 0 Å². The Labute approximate surface area is 201 Å². The van der Waals surface area contributed by atoms with E-state index in [9.17, 15) is 9.59 Å². The second-order valence-electron chi connectivity index (χ2n) is 7.19. The van der Waals surface area contributed by atoms with Crippen LogP contribution in [0.4, 0.5) is 0 Å². The normalized spacial score (nSPS) is 11.7. The zero-order chi connectivity index (χ0) is 21.9. The molecule has 0 aliphatic carbocycles. The van der Waals surface area contributed by atoms with E-state index in [4.69, 9.17) is 0 Å². The summed E-state index contributed by atoms with van der Waals surface area (Å²) in [7, 11) is 5.04. The van der Waals surface area contributed by atoms with E-state index in [-0.39, 0.29) is 48.4 Å². The van der Waals surface area contributed by atoms with Crippen LogP contribution < -0.4 is 16.0 Å². The molecule has 2 aromatic carbocycles. The van der Waals surface area contributed by atoms with Gasteiger partial charge in [0.1, 0.15) is 6.54 Å². The van der Waals surface area contributed by atoms with E-state index in [1.54, 1.807) is 27.2 Å². The van der Waals surface area contributed by atoms with Gasteiger partial charge in [-0.25, -0.2) is 4.99 Å². The first kappa shape index (κ1) is 26.4. The highest BCUT2D eigenvalue weighted by atomic mass is 127. The highest BCUT2D eigenvalue weighted by Gasteiger charge is 2.10. The van der Waals surface area contributed by atoms with Gasteiger partial charge in [-0.1, -0.05) is 42.5 Å². The highest BCUT2D eigenvalue weighted by Crippen LogP contribution is 2.11. The topological polar surface area (TPSA) is 85.8 Å². The van der Waals surface area contributed by atoms with Gasteiger partial charge in [-0.15, -0.1) is 24.0 Å². The Kier molecular flexibility index (Phi) is 11.6. The van der Waals surface area contributed by atoms with Crippen LogP contribution in [0.1, 0.15) is 34.5 Å². The molecule has 1 atom stereocenters. The van der Waals surface area contributed by atoms with Gasteiger partial charge < -0.3 is 20.9 Å². The molecule has 0 aliphatic rings. The third kappa shape index (κ3) is 8.95. The third-order valence-corrected chi connectivity index (χ3v) is 4.65. The summed E-state index contributed by atoms with van der Waals surface area (Å²) in [6.07, 6.45) is 0.715. The molecular formula is C23H32IN5O2. The molecule has 0 saturated carbocycles. The van der Waals surface area contributed by atoms with Crippen molar-refractivity contribution in [1.82, 2.24) is 20.9 Å². The fourth-order valence-electron chi connectivity index (χ4n) is 2.81.